The van der Waals surface area contributed by atoms with Gasteiger partial charge in [0.25, 0.3) is 0 Å². The zero-order chi connectivity index (χ0) is 15.8. The molecule has 4 heteroatoms. The molecule has 1 aromatic rings. The molecule has 1 amide bonds. The smallest absolute Gasteiger partial charge is 0.307 e. The minimum Gasteiger partial charge on any atom is -0.469 e. The molecule has 1 rings (SSSR count). The van der Waals surface area contributed by atoms with Gasteiger partial charge in [-0.1, -0.05) is 38.1 Å². The number of carbonyl (C=O) groups excluding carboxylic acids is 2. The van der Waals surface area contributed by atoms with Crippen molar-refractivity contribution in [1.29, 1.82) is 0 Å². The molecule has 1 N–H and O–H groups in total. The van der Waals surface area contributed by atoms with Crippen LogP contribution in [-0.2, 0) is 20.7 Å². The molecule has 0 aliphatic heterocycles. The standard InChI is InChI=1S/C17H25NO3/c1-12(2)15-8-5-14(6-9-15)7-10-16(19)18-13(3)11-17(20)21-4/h5-6,8-9,12-13H,7,10-11H2,1-4H3,(H,18,19). The second kappa shape index (κ2) is 8.45. The summed E-state index contributed by atoms with van der Waals surface area (Å²) in [6.07, 6.45) is 1.33. The highest BCUT2D eigenvalue weighted by atomic mass is 16.5. The maximum atomic E-state index is 11.8. The van der Waals surface area contributed by atoms with Crippen molar-refractivity contribution in [2.75, 3.05) is 7.11 Å². The molecule has 0 aliphatic rings. The van der Waals surface area contributed by atoms with E-state index in [-0.39, 0.29) is 24.3 Å². The van der Waals surface area contributed by atoms with Gasteiger partial charge in [0.1, 0.15) is 0 Å². The number of amides is 1. The Balaban J connectivity index is 2.37. The molecular weight excluding hydrogens is 266 g/mol. The first-order chi connectivity index (χ1) is 9.92. The van der Waals surface area contributed by atoms with Crippen molar-refractivity contribution in [2.24, 2.45) is 0 Å². The normalized spacial score (nSPS) is 12.0. The summed E-state index contributed by atoms with van der Waals surface area (Å²) in [5.41, 5.74) is 2.45. The van der Waals surface area contributed by atoms with Crippen molar-refractivity contribution < 1.29 is 14.3 Å². The zero-order valence-electron chi connectivity index (χ0n) is 13.3. The van der Waals surface area contributed by atoms with Crippen molar-refractivity contribution in [3.63, 3.8) is 0 Å². The average Bonchev–Trinajstić information content (AvgIpc) is 2.45. The minimum atomic E-state index is -0.313. The van der Waals surface area contributed by atoms with Crippen LogP contribution in [0.3, 0.4) is 0 Å². The van der Waals surface area contributed by atoms with Crippen LogP contribution in [0.5, 0.6) is 0 Å². The van der Waals surface area contributed by atoms with Crippen LogP contribution in [0.25, 0.3) is 0 Å². The van der Waals surface area contributed by atoms with E-state index in [1.165, 1.54) is 12.7 Å². The number of methoxy groups -OCH3 is 1. The highest BCUT2D eigenvalue weighted by Crippen LogP contribution is 2.15. The third-order valence-electron chi connectivity index (χ3n) is 3.40. The minimum absolute atomic E-state index is 0.0423. The Kier molecular flexibility index (Phi) is 6.92. The summed E-state index contributed by atoms with van der Waals surface area (Å²) in [5.74, 6) is 0.160. The monoisotopic (exact) mass is 291 g/mol. The Bertz CT molecular complexity index is 465. The van der Waals surface area contributed by atoms with Crippen LogP contribution in [0.2, 0.25) is 0 Å². The van der Waals surface area contributed by atoms with Gasteiger partial charge in [-0.2, -0.15) is 0 Å². The number of ether oxygens (including phenoxy) is 1. The molecular formula is C17H25NO3. The largest absolute Gasteiger partial charge is 0.469 e. The van der Waals surface area contributed by atoms with Gasteiger partial charge >= 0.3 is 5.97 Å². The maximum absolute atomic E-state index is 11.8. The number of carbonyl (C=O) groups is 2. The Morgan fingerprint density at radius 1 is 1.14 bits per heavy atom. The third-order valence-corrected chi connectivity index (χ3v) is 3.40. The van der Waals surface area contributed by atoms with Crippen LogP contribution in [0, 0.1) is 0 Å². The molecule has 0 aliphatic carbocycles. The number of benzene rings is 1. The molecule has 0 heterocycles. The van der Waals surface area contributed by atoms with Crippen LogP contribution >= 0.6 is 0 Å². The molecule has 0 saturated carbocycles. The number of aryl methyl sites for hydroxylation is 1. The van der Waals surface area contributed by atoms with Gasteiger partial charge in [0.05, 0.1) is 13.5 Å². The van der Waals surface area contributed by atoms with E-state index in [4.69, 9.17) is 0 Å². The predicted octanol–water partition coefficient (Wildman–Crippen LogP) is 2.81. The molecule has 0 saturated heterocycles. The zero-order valence-corrected chi connectivity index (χ0v) is 13.3. The van der Waals surface area contributed by atoms with E-state index in [9.17, 15) is 9.59 Å². The number of rotatable bonds is 7. The van der Waals surface area contributed by atoms with Gasteiger partial charge in [0.2, 0.25) is 5.91 Å². The first-order valence-corrected chi connectivity index (χ1v) is 7.37. The lowest BCUT2D eigenvalue weighted by molar-refractivity contribution is -0.141. The van der Waals surface area contributed by atoms with E-state index < -0.39 is 0 Å². The van der Waals surface area contributed by atoms with E-state index in [2.05, 4.69) is 48.2 Å². The molecule has 0 radical (unpaired) electrons. The first kappa shape index (κ1) is 17.2. The molecule has 4 nitrogen and oxygen atoms in total. The summed E-state index contributed by atoms with van der Waals surface area (Å²) < 4.78 is 4.57. The van der Waals surface area contributed by atoms with Gasteiger partial charge in [-0.3, -0.25) is 9.59 Å². The van der Waals surface area contributed by atoms with E-state index in [1.807, 2.05) is 0 Å². The van der Waals surface area contributed by atoms with Gasteiger partial charge in [-0.05, 0) is 30.4 Å². The van der Waals surface area contributed by atoms with Gasteiger partial charge in [0, 0.05) is 12.5 Å². The van der Waals surface area contributed by atoms with Gasteiger partial charge < -0.3 is 10.1 Å². The topological polar surface area (TPSA) is 55.4 Å². The van der Waals surface area contributed by atoms with Crippen molar-refractivity contribution >= 4 is 11.9 Å². The molecule has 1 aromatic carbocycles. The lowest BCUT2D eigenvalue weighted by Crippen LogP contribution is -2.34. The molecule has 21 heavy (non-hydrogen) atoms. The fraction of sp³-hybridized carbons (Fsp3) is 0.529. The van der Waals surface area contributed by atoms with Crippen molar-refractivity contribution in [1.82, 2.24) is 5.32 Å². The molecule has 0 fully saturated rings. The fourth-order valence-corrected chi connectivity index (χ4v) is 2.06. The summed E-state index contributed by atoms with van der Waals surface area (Å²) >= 11 is 0. The number of esters is 1. The van der Waals surface area contributed by atoms with Crippen molar-refractivity contribution in [3.8, 4) is 0 Å². The number of nitrogens with one attached hydrogen (secondary N) is 1. The van der Waals surface area contributed by atoms with Crippen LogP contribution < -0.4 is 5.32 Å². The predicted molar refractivity (Wildman–Crippen MR) is 83.1 cm³/mol. The van der Waals surface area contributed by atoms with Crippen LogP contribution in [0.15, 0.2) is 24.3 Å². The average molecular weight is 291 g/mol. The Hall–Kier alpha value is -1.84. The lowest BCUT2D eigenvalue weighted by atomic mass is 10.0. The van der Waals surface area contributed by atoms with E-state index >= 15 is 0 Å². The quantitative estimate of drug-likeness (QED) is 0.786. The Morgan fingerprint density at radius 3 is 2.29 bits per heavy atom. The fourth-order valence-electron chi connectivity index (χ4n) is 2.06. The van der Waals surface area contributed by atoms with E-state index in [1.54, 1.807) is 6.92 Å². The maximum Gasteiger partial charge on any atom is 0.307 e. The van der Waals surface area contributed by atoms with Gasteiger partial charge in [0.15, 0.2) is 0 Å². The summed E-state index contributed by atoms with van der Waals surface area (Å²) in [6, 6.07) is 8.16. The van der Waals surface area contributed by atoms with E-state index in [0.717, 1.165) is 5.56 Å². The summed E-state index contributed by atoms with van der Waals surface area (Å²) in [6.45, 7) is 6.11. The van der Waals surface area contributed by atoms with Crippen LogP contribution in [0.1, 0.15) is 50.7 Å². The SMILES string of the molecule is COC(=O)CC(C)NC(=O)CCc1ccc(C(C)C)cc1. The molecule has 0 bridgehead atoms. The molecule has 1 unspecified atom stereocenters. The third kappa shape index (κ3) is 6.43. The number of hydrogen-bond donors (Lipinski definition) is 1. The Labute approximate surface area is 126 Å². The first-order valence-electron chi connectivity index (χ1n) is 7.37. The van der Waals surface area contributed by atoms with Crippen molar-refractivity contribution in [3.05, 3.63) is 35.4 Å². The summed E-state index contributed by atoms with van der Waals surface area (Å²) in [7, 11) is 1.34. The number of hydrogen-bond acceptors (Lipinski definition) is 3. The highest BCUT2D eigenvalue weighted by Gasteiger charge is 2.12. The van der Waals surface area contributed by atoms with E-state index in [0.29, 0.717) is 18.8 Å². The molecule has 0 aromatic heterocycles. The second-order valence-corrected chi connectivity index (χ2v) is 5.65. The molecule has 0 spiro atoms. The lowest BCUT2D eigenvalue weighted by Gasteiger charge is -2.12. The molecule has 1 atom stereocenters. The van der Waals surface area contributed by atoms with Gasteiger partial charge in [-0.15, -0.1) is 0 Å². The van der Waals surface area contributed by atoms with Crippen LogP contribution in [-0.4, -0.2) is 25.0 Å². The van der Waals surface area contributed by atoms with Gasteiger partial charge in [-0.25, -0.2) is 0 Å². The second-order valence-electron chi connectivity index (χ2n) is 5.65. The summed E-state index contributed by atoms with van der Waals surface area (Å²) in [5, 5.41) is 2.81. The van der Waals surface area contributed by atoms with Crippen LogP contribution in [0.4, 0.5) is 0 Å². The highest BCUT2D eigenvalue weighted by molar-refractivity contribution is 5.77. The molecule has 116 valence electrons. The van der Waals surface area contributed by atoms with Crippen molar-refractivity contribution in [2.45, 2.75) is 52.0 Å². The Morgan fingerprint density at radius 2 is 1.76 bits per heavy atom. The summed E-state index contributed by atoms with van der Waals surface area (Å²) in [4.78, 5) is 22.9.